The molecule has 4 heteroatoms. The molecule has 4 nitrogen and oxygen atoms in total. The number of carboxylic acid groups (broad SMARTS) is 1. The lowest BCUT2D eigenvalue weighted by molar-refractivity contribution is -0.134. The molecule has 1 aliphatic rings. The summed E-state index contributed by atoms with van der Waals surface area (Å²) in [5.41, 5.74) is 0. The van der Waals surface area contributed by atoms with Gasteiger partial charge in [-0.2, -0.15) is 0 Å². The number of carbonyl (C=O) groups is 2. The molecule has 0 aliphatic carbocycles. The van der Waals surface area contributed by atoms with E-state index in [0.29, 0.717) is 6.61 Å². The first kappa shape index (κ1) is 8.10. The van der Waals surface area contributed by atoms with E-state index in [1.807, 2.05) is 0 Å². The molecule has 0 spiro atoms. The smallest absolute Gasteiger partial charge is 0.300 e. The van der Waals surface area contributed by atoms with E-state index in [0.717, 1.165) is 13.2 Å². The first-order valence-electron chi connectivity index (χ1n) is 2.43. The molecule has 1 aliphatic heterocycles. The molecule has 0 radical (unpaired) electrons. The van der Waals surface area contributed by atoms with Crippen molar-refractivity contribution in [3.63, 3.8) is 0 Å². The van der Waals surface area contributed by atoms with E-state index < -0.39 is 5.97 Å². The van der Waals surface area contributed by atoms with Gasteiger partial charge in [0.1, 0.15) is 6.10 Å². The number of aldehydes is 1. The normalized spacial score (nSPS) is 21.2. The molecule has 0 aromatic rings. The first-order chi connectivity index (χ1) is 4.16. The van der Waals surface area contributed by atoms with E-state index in [-0.39, 0.29) is 6.10 Å². The maximum Gasteiger partial charge on any atom is 0.300 e. The number of aliphatic carboxylic acids is 1. The predicted octanol–water partition coefficient (Wildman–Crippen LogP) is -0.325. The van der Waals surface area contributed by atoms with Crippen molar-refractivity contribution in [2.24, 2.45) is 0 Å². The maximum absolute atomic E-state index is 9.44. The van der Waals surface area contributed by atoms with Crippen molar-refractivity contribution in [3.8, 4) is 0 Å². The SMILES string of the molecule is CC(=O)O.O=CC1CO1. The van der Waals surface area contributed by atoms with Gasteiger partial charge in [0.15, 0.2) is 6.29 Å². The lowest BCUT2D eigenvalue weighted by atomic mass is 10.6. The highest BCUT2D eigenvalue weighted by Crippen LogP contribution is 2.02. The van der Waals surface area contributed by atoms with Crippen molar-refractivity contribution >= 4 is 12.3 Å². The summed E-state index contributed by atoms with van der Waals surface area (Å²) in [4.78, 5) is 18.4. The van der Waals surface area contributed by atoms with Crippen LogP contribution in [-0.4, -0.2) is 30.1 Å². The Morgan fingerprint density at radius 3 is 2.22 bits per heavy atom. The highest BCUT2D eigenvalue weighted by Gasteiger charge is 2.19. The standard InChI is InChI=1S/C3H4O2.C2H4O2/c4-1-3-2-5-3;1-2(3)4/h1,3H,2H2;1H3,(H,3,4). The van der Waals surface area contributed by atoms with E-state index >= 15 is 0 Å². The summed E-state index contributed by atoms with van der Waals surface area (Å²) in [6, 6.07) is 0. The zero-order chi connectivity index (χ0) is 7.28. The lowest BCUT2D eigenvalue weighted by Crippen LogP contribution is -1.79. The molecule has 1 atom stereocenters. The van der Waals surface area contributed by atoms with Crippen molar-refractivity contribution in [1.29, 1.82) is 0 Å². The van der Waals surface area contributed by atoms with Gasteiger partial charge in [-0.25, -0.2) is 0 Å². The van der Waals surface area contributed by atoms with Crippen LogP contribution in [0.4, 0.5) is 0 Å². The second-order valence-electron chi connectivity index (χ2n) is 1.53. The average molecular weight is 132 g/mol. The molecule has 0 saturated carbocycles. The predicted molar refractivity (Wildman–Crippen MR) is 29.1 cm³/mol. The van der Waals surface area contributed by atoms with Gasteiger partial charge in [0.2, 0.25) is 0 Å². The highest BCUT2D eigenvalue weighted by atomic mass is 16.6. The fraction of sp³-hybridized carbons (Fsp3) is 0.600. The van der Waals surface area contributed by atoms with Gasteiger partial charge < -0.3 is 14.6 Å². The molecular weight excluding hydrogens is 124 g/mol. The van der Waals surface area contributed by atoms with Crippen LogP contribution in [0.15, 0.2) is 0 Å². The Morgan fingerprint density at radius 1 is 1.89 bits per heavy atom. The summed E-state index contributed by atoms with van der Waals surface area (Å²) in [5.74, 6) is -0.833. The van der Waals surface area contributed by atoms with E-state index in [2.05, 4.69) is 4.74 Å². The zero-order valence-electron chi connectivity index (χ0n) is 5.03. The molecule has 9 heavy (non-hydrogen) atoms. The van der Waals surface area contributed by atoms with E-state index in [1.54, 1.807) is 0 Å². The topological polar surface area (TPSA) is 66.9 Å². The second kappa shape index (κ2) is 4.03. The highest BCUT2D eigenvalue weighted by molar-refractivity contribution is 5.62. The van der Waals surface area contributed by atoms with Gasteiger partial charge in [-0.05, 0) is 0 Å². The quantitative estimate of drug-likeness (QED) is 0.392. The third-order valence-corrected chi connectivity index (χ3v) is 0.511. The fourth-order valence-electron chi connectivity index (χ4n) is 0.134. The summed E-state index contributed by atoms with van der Waals surface area (Å²) >= 11 is 0. The Balaban J connectivity index is 0.000000148. The van der Waals surface area contributed by atoms with E-state index in [1.165, 1.54) is 0 Å². The molecule has 0 aromatic heterocycles. The molecule has 1 saturated heterocycles. The lowest BCUT2D eigenvalue weighted by Gasteiger charge is -1.59. The molecule has 1 heterocycles. The molecule has 52 valence electrons. The second-order valence-corrected chi connectivity index (χ2v) is 1.53. The average Bonchev–Trinajstić information content (AvgIpc) is 2.43. The Hall–Kier alpha value is -0.900. The van der Waals surface area contributed by atoms with Crippen LogP contribution in [0.2, 0.25) is 0 Å². The molecule has 0 aromatic carbocycles. The fourth-order valence-corrected chi connectivity index (χ4v) is 0.134. The number of hydrogen-bond donors (Lipinski definition) is 1. The number of carbonyl (C=O) groups excluding carboxylic acids is 1. The Kier molecular flexibility index (Phi) is 3.62. The molecule has 0 amide bonds. The summed E-state index contributed by atoms with van der Waals surface area (Å²) in [5, 5.41) is 7.42. The number of carboxylic acids is 1. The number of ether oxygens (including phenoxy) is 1. The summed E-state index contributed by atoms with van der Waals surface area (Å²) in [6.45, 7) is 1.73. The number of epoxide rings is 1. The van der Waals surface area contributed by atoms with E-state index in [4.69, 9.17) is 9.90 Å². The zero-order valence-corrected chi connectivity index (χ0v) is 5.03. The number of rotatable bonds is 1. The van der Waals surface area contributed by atoms with Gasteiger partial charge in [0.25, 0.3) is 5.97 Å². The third-order valence-electron chi connectivity index (χ3n) is 0.511. The molecular formula is C5H8O4. The first-order valence-corrected chi connectivity index (χ1v) is 2.43. The Labute approximate surface area is 52.4 Å². The van der Waals surface area contributed by atoms with Gasteiger partial charge in [-0.1, -0.05) is 0 Å². The van der Waals surface area contributed by atoms with Crippen LogP contribution >= 0.6 is 0 Å². The van der Waals surface area contributed by atoms with Crippen molar-refractivity contribution in [2.75, 3.05) is 6.61 Å². The van der Waals surface area contributed by atoms with Gasteiger partial charge in [0.05, 0.1) is 6.61 Å². The van der Waals surface area contributed by atoms with Gasteiger partial charge in [0, 0.05) is 6.92 Å². The summed E-state index contributed by atoms with van der Waals surface area (Å²) in [6.07, 6.45) is 0.759. The van der Waals surface area contributed by atoms with Crippen LogP contribution in [0, 0.1) is 0 Å². The maximum atomic E-state index is 9.44. The van der Waals surface area contributed by atoms with Crippen molar-refractivity contribution in [3.05, 3.63) is 0 Å². The Morgan fingerprint density at radius 2 is 2.22 bits per heavy atom. The Bertz CT molecular complexity index is 102. The van der Waals surface area contributed by atoms with Gasteiger partial charge >= 0.3 is 0 Å². The van der Waals surface area contributed by atoms with Crippen LogP contribution in [-0.2, 0) is 14.3 Å². The van der Waals surface area contributed by atoms with Crippen molar-refractivity contribution in [1.82, 2.24) is 0 Å². The molecule has 1 rings (SSSR count). The van der Waals surface area contributed by atoms with Crippen LogP contribution in [0.5, 0.6) is 0 Å². The minimum atomic E-state index is -0.833. The monoisotopic (exact) mass is 132 g/mol. The number of hydrogen-bond acceptors (Lipinski definition) is 3. The third kappa shape index (κ3) is 11.0. The van der Waals surface area contributed by atoms with Gasteiger partial charge in [-0.3, -0.25) is 4.79 Å². The summed E-state index contributed by atoms with van der Waals surface area (Å²) < 4.78 is 4.49. The van der Waals surface area contributed by atoms with E-state index in [9.17, 15) is 4.79 Å². The van der Waals surface area contributed by atoms with Crippen LogP contribution in [0.1, 0.15) is 6.92 Å². The van der Waals surface area contributed by atoms with Crippen LogP contribution in [0.3, 0.4) is 0 Å². The molecule has 1 fully saturated rings. The largest absolute Gasteiger partial charge is 0.481 e. The van der Waals surface area contributed by atoms with Crippen LogP contribution in [0.25, 0.3) is 0 Å². The van der Waals surface area contributed by atoms with Crippen LogP contribution < -0.4 is 0 Å². The molecule has 0 bridgehead atoms. The van der Waals surface area contributed by atoms with Crippen molar-refractivity contribution < 1.29 is 19.4 Å². The van der Waals surface area contributed by atoms with Crippen molar-refractivity contribution in [2.45, 2.75) is 13.0 Å². The molecule has 1 N–H and O–H groups in total. The summed E-state index contributed by atoms with van der Waals surface area (Å²) in [7, 11) is 0. The molecule has 1 unspecified atom stereocenters. The van der Waals surface area contributed by atoms with Gasteiger partial charge in [-0.15, -0.1) is 0 Å². The minimum absolute atomic E-state index is 0.0463. The minimum Gasteiger partial charge on any atom is -0.481 e.